The van der Waals surface area contributed by atoms with Crippen molar-refractivity contribution in [1.82, 2.24) is 5.32 Å². The molecule has 0 saturated carbocycles. The molecule has 2 rings (SSSR count). The Morgan fingerprint density at radius 3 is 2.53 bits per heavy atom. The van der Waals surface area contributed by atoms with E-state index in [1.165, 1.54) is 5.56 Å². The first-order valence-corrected chi connectivity index (χ1v) is 6.80. The molecule has 0 atom stereocenters. The van der Waals surface area contributed by atoms with Gasteiger partial charge < -0.3 is 19.9 Å². The zero-order valence-corrected chi connectivity index (χ0v) is 11.5. The van der Waals surface area contributed by atoms with Gasteiger partial charge in [0.05, 0.1) is 13.7 Å². The van der Waals surface area contributed by atoms with E-state index >= 15 is 0 Å². The third-order valence-electron chi connectivity index (χ3n) is 3.88. The average Bonchev–Trinajstić information content (AvgIpc) is 2.49. The van der Waals surface area contributed by atoms with Crippen LogP contribution in [-0.2, 0) is 11.3 Å². The maximum atomic E-state index is 9.59. The van der Waals surface area contributed by atoms with Crippen LogP contribution in [0.1, 0.15) is 18.4 Å². The van der Waals surface area contributed by atoms with E-state index in [9.17, 15) is 5.11 Å². The summed E-state index contributed by atoms with van der Waals surface area (Å²) in [6.07, 6.45) is 1.86. The molecule has 4 heteroatoms. The van der Waals surface area contributed by atoms with E-state index in [2.05, 4.69) is 17.4 Å². The van der Waals surface area contributed by atoms with Gasteiger partial charge in [0.1, 0.15) is 5.75 Å². The van der Waals surface area contributed by atoms with Crippen LogP contribution in [0.15, 0.2) is 24.3 Å². The second-order valence-electron chi connectivity index (χ2n) is 5.22. The summed E-state index contributed by atoms with van der Waals surface area (Å²) in [5.74, 6) is 0.875. The summed E-state index contributed by atoms with van der Waals surface area (Å²) in [5.41, 5.74) is 1.21. The summed E-state index contributed by atoms with van der Waals surface area (Å²) in [7, 11) is 1.67. The van der Waals surface area contributed by atoms with E-state index in [-0.39, 0.29) is 12.0 Å². The molecule has 2 N–H and O–H groups in total. The lowest BCUT2D eigenvalue weighted by Gasteiger charge is -2.35. The Hall–Kier alpha value is -1.10. The number of methoxy groups -OCH3 is 1. The normalized spacial score (nSPS) is 18.2. The third-order valence-corrected chi connectivity index (χ3v) is 3.88. The Morgan fingerprint density at radius 1 is 1.26 bits per heavy atom. The van der Waals surface area contributed by atoms with Gasteiger partial charge in [0, 0.05) is 31.7 Å². The van der Waals surface area contributed by atoms with Gasteiger partial charge in [-0.25, -0.2) is 0 Å². The van der Waals surface area contributed by atoms with Crippen LogP contribution in [0.3, 0.4) is 0 Å². The SMILES string of the molecule is COc1ccc(CNCC2(CO)CCOCC2)cc1. The fourth-order valence-corrected chi connectivity index (χ4v) is 2.41. The number of aliphatic hydroxyl groups is 1. The summed E-state index contributed by atoms with van der Waals surface area (Å²) in [6, 6.07) is 8.05. The first-order valence-electron chi connectivity index (χ1n) is 6.80. The topological polar surface area (TPSA) is 50.7 Å². The van der Waals surface area contributed by atoms with E-state index in [0.29, 0.717) is 0 Å². The molecule has 106 valence electrons. The average molecular weight is 265 g/mol. The fraction of sp³-hybridized carbons (Fsp3) is 0.600. The molecule has 4 nitrogen and oxygen atoms in total. The number of aliphatic hydroxyl groups excluding tert-OH is 1. The van der Waals surface area contributed by atoms with Gasteiger partial charge in [-0.15, -0.1) is 0 Å². The van der Waals surface area contributed by atoms with Gasteiger partial charge >= 0.3 is 0 Å². The highest BCUT2D eigenvalue weighted by atomic mass is 16.5. The van der Waals surface area contributed by atoms with E-state index < -0.39 is 0 Å². The zero-order valence-electron chi connectivity index (χ0n) is 11.5. The predicted octanol–water partition coefficient (Wildman–Crippen LogP) is 1.57. The minimum Gasteiger partial charge on any atom is -0.497 e. The Labute approximate surface area is 114 Å². The lowest BCUT2D eigenvalue weighted by atomic mass is 9.81. The smallest absolute Gasteiger partial charge is 0.118 e. The van der Waals surface area contributed by atoms with Gasteiger partial charge in [0.2, 0.25) is 0 Å². The number of rotatable bonds is 6. The quantitative estimate of drug-likeness (QED) is 0.820. The zero-order chi connectivity index (χ0) is 13.6. The number of hydrogen-bond donors (Lipinski definition) is 2. The van der Waals surface area contributed by atoms with Gasteiger partial charge in [-0.1, -0.05) is 12.1 Å². The maximum absolute atomic E-state index is 9.59. The minimum atomic E-state index is -0.00921. The highest BCUT2D eigenvalue weighted by Crippen LogP contribution is 2.29. The number of ether oxygens (including phenoxy) is 2. The second kappa shape index (κ2) is 6.89. The highest BCUT2D eigenvalue weighted by Gasteiger charge is 2.31. The van der Waals surface area contributed by atoms with Crippen LogP contribution in [0.25, 0.3) is 0 Å². The van der Waals surface area contributed by atoms with E-state index in [1.807, 2.05) is 12.1 Å². The Morgan fingerprint density at radius 2 is 1.95 bits per heavy atom. The molecule has 0 spiro atoms. The largest absolute Gasteiger partial charge is 0.497 e. The van der Waals surface area contributed by atoms with Gasteiger partial charge in [0.15, 0.2) is 0 Å². The van der Waals surface area contributed by atoms with Crippen molar-refractivity contribution in [1.29, 1.82) is 0 Å². The van der Waals surface area contributed by atoms with Crippen molar-refractivity contribution in [3.8, 4) is 5.75 Å². The van der Waals surface area contributed by atoms with Gasteiger partial charge in [-0.2, -0.15) is 0 Å². The molecule has 1 aliphatic heterocycles. The molecule has 1 aliphatic rings. The standard InChI is InChI=1S/C15H23NO3/c1-18-14-4-2-13(3-5-14)10-16-11-15(12-17)6-8-19-9-7-15/h2-5,16-17H,6-12H2,1H3. The molecule has 1 fully saturated rings. The summed E-state index contributed by atoms with van der Waals surface area (Å²) in [5, 5.41) is 13.0. The van der Waals surface area contributed by atoms with Gasteiger partial charge in [0.25, 0.3) is 0 Å². The van der Waals surface area contributed by atoms with Crippen molar-refractivity contribution in [3.05, 3.63) is 29.8 Å². The fourth-order valence-electron chi connectivity index (χ4n) is 2.41. The van der Waals surface area contributed by atoms with Crippen molar-refractivity contribution < 1.29 is 14.6 Å². The Kier molecular flexibility index (Phi) is 5.19. The first-order chi connectivity index (χ1) is 9.28. The molecule has 0 amide bonds. The second-order valence-corrected chi connectivity index (χ2v) is 5.22. The van der Waals surface area contributed by atoms with Crippen LogP contribution in [0, 0.1) is 5.41 Å². The summed E-state index contributed by atoms with van der Waals surface area (Å²) in [6.45, 7) is 3.38. The third kappa shape index (κ3) is 3.93. The van der Waals surface area contributed by atoms with Gasteiger partial charge in [-0.3, -0.25) is 0 Å². The summed E-state index contributed by atoms with van der Waals surface area (Å²) < 4.78 is 10.5. The Bertz CT molecular complexity index is 371. The van der Waals surface area contributed by atoms with Crippen LogP contribution < -0.4 is 10.1 Å². The predicted molar refractivity (Wildman–Crippen MR) is 74.3 cm³/mol. The van der Waals surface area contributed by atoms with E-state index in [0.717, 1.165) is 44.9 Å². The van der Waals surface area contributed by atoms with Crippen molar-refractivity contribution in [3.63, 3.8) is 0 Å². The van der Waals surface area contributed by atoms with Gasteiger partial charge in [-0.05, 0) is 30.5 Å². The summed E-state index contributed by atoms with van der Waals surface area (Å²) >= 11 is 0. The molecule has 0 aromatic heterocycles. The molecular formula is C15H23NO3. The van der Waals surface area contributed by atoms with Crippen LogP contribution in [0.2, 0.25) is 0 Å². The molecule has 0 bridgehead atoms. The van der Waals surface area contributed by atoms with Crippen LogP contribution >= 0.6 is 0 Å². The Balaban J connectivity index is 1.81. The van der Waals surface area contributed by atoms with E-state index in [4.69, 9.17) is 9.47 Å². The number of benzene rings is 1. The molecule has 19 heavy (non-hydrogen) atoms. The van der Waals surface area contributed by atoms with Crippen molar-refractivity contribution in [2.24, 2.45) is 5.41 Å². The lowest BCUT2D eigenvalue weighted by molar-refractivity contribution is -0.0154. The molecule has 0 unspecified atom stereocenters. The molecule has 0 aliphatic carbocycles. The lowest BCUT2D eigenvalue weighted by Crippen LogP contribution is -2.41. The summed E-state index contributed by atoms with van der Waals surface area (Å²) in [4.78, 5) is 0. The van der Waals surface area contributed by atoms with Crippen molar-refractivity contribution in [2.75, 3.05) is 33.5 Å². The maximum Gasteiger partial charge on any atom is 0.118 e. The minimum absolute atomic E-state index is 0.00921. The molecule has 0 radical (unpaired) electrons. The van der Waals surface area contributed by atoms with Crippen molar-refractivity contribution in [2.45, 2.75) is 19.4 Å². The number of hydrogen-bond acceptors (Lipinski definition) is 4. The van der Waals surface area contributed by atoms with Crippen LogP contribution in [0.4, 0.5) is 0 Å². The molecule has 1 aromatic rings. The van der Waals surface area contributed by atoms with E-state index in [1.54, 1.807) is 7.11 Å². The first kappa shape index (κ1) is 14.3. The van der Waals surface area contributed by atoms with Crippen LogP contribution in [-0.4, -0.2) is 38.6 Å². The highest BCUT2D eigenvalue weighted by molar-refractivity contribution is 5.27. The molecular weight excluding hydrogens is 242 g/mol. The molecule has 1 heterocycles. The number of nitrogens with one attached hydrogen (secondary N) is 1. The monoisotopic (exact) mass is 265 g/mol. The molecule has 1 saturated heterocycles. The van der Waals surface area contributed by atoms with Crippen molar-refractivity contribution >= 4 is 0 Å². The molecule has 1 aromatic carbocycles. The van der Waals surface area contributed by atoms with Crippen LogP contribution in [0.5, 0.6) is 5.75 Å².